The van der Waals surface area contributed by atoms with Crippen molar-refractivity contribution in [3.8, 4) is 11.6 Å². The molecule has 7 nitrogen and oxygen atoms in total. The highest BCUT2D eigenvalue weighted by Crippen LogP contribution is 2.40. The Balaban J connectivity index is 1.33. The SMILES string of the molecule is O=S(=O)(NCC(F)(F)F)c1cccc2c1C/C(=C/CCN1CCC(O)(c3ccc(Cl)cc3)CC1)c1cccnc1O2. The number of hydrogen-bond acceptors (Lipinski definition) is 6. The van der Waals surface area contributed by atoms with Crippen molar-refractivity contribution in [1.29, 1.82) is 0 Å². The van der Waals surface area contributed by atoms with Crippen molar-refractivity contribution in [2.45, 2.75) is 42.4 Å². The van der Waals surface area contributed by atoms with Crippen LogP contribution in [0.15, 0.2) is 71.8 Å². The average Bonchev–Trinajstić information content (AvgIpc) is 3.09. The number of aromatic nitrogens is 1. The van der Waals surface area contributed by atoms with E-state index in [0.717, 1.165) is 11.1 Å². The lowest BCUT2D eigenvalue weighted by molar-refractivity contribution is -0.121. The Morgan fingerprint density at radius 3 is 2.54 bits per heavy atom. The molecule has 12 heteroatoms. The predicted octanol–water partition coefficient (Wildman–Crippen LogP) is 5.68. The van der Waals surface area contributed by atoms with Crippen LogP contribution in [0.25, 0.3) is 5.57 Å². The monoisotopic (exact) mass is 607 g/mol. The molecule has 3 aromatic rings. The van der Waals surface area contributed by atoms with Crippen LogP contribution in [-0.2, 0) is 22.0 Å². The van der Waals surface area contributed by atoms with Crippen LogP contribution in [-0.4, -0.2) is 55.8 Å². The van der Waals surface area contributed by atoms with Gasteiger partial charge in [-0.05, 0) is 66.8 Å². The summed E-state index contributed by atoms with van der Waals surface area (Å²) in [6.45, 7) is 0.420. The summed E-state index contributed by atoms with van der Waals surface area (Å²) in [5.74, 6) is 0.516. The summed E-state index contributed by atoms with van der Waals surface area (Å²) in [6, 6.07) is 15.1. The van der Waals surface area contributed by atoms with Gasteiger partial charge in [0.25, 0.3) is 0 Å². The van der Waals surface area contributed by atoms with Crippen molar-refractivity contribution in [2.75, 3.05) is 26.2 Å². The fourth-order valence-corrected chi connectivity index (χ4v) is 6.62. The molecule has 5 rings (SSSR count). The Morgan fingerprint density at radius 2 is 1.83 bits per heavy atom. The Kier molecular flexibility index (Phi) is 8.45. The Morgan fingerprint density at radius 1 is 1.10 bits per heavy atom. The Labute approximate surface area is 241 Å². The fraction of sp³-hybridized carbons (Fsp3) is 0.345. The smallest absolute Gasteiger partial charge is 0.402 e. The molecule has 0 saturated carbocycles. The van der Waals surface area contributed by atoms with Crippen molar-refractivity contribution in [3.63, 3.8) is 0 Å². The highest BCUT2D eigenvalue weighted by atomic mass is 35.5. The number of halogens is 4. The van der Waals surface area contributed by atoms with Gasteiger partial charge in [0.05, 0.1) is 10.5 Å². The summed E-state index contributed by atoms with van der Waals surface area (Å²) in [6.07, 6.45) is 0.761. The molecule has 1 aromatic heterocycles. The van der Waals surface area contributed by atoms with E-state index >= 15 is 0 Å². The number of allylic oxidation sites excluding steroid dienone is 1. The van der Waals surface area contributed by atoms with Crippen LogP contribution in [0, 0.1) is 0 Å². The van der Waals surface area contributed by atoms with Crippen LogP contribution in [0.4, 0.5) is 13.2 Å². The molecule has 41 heavy (non-hydrogen) atoms. The van der Waals surface area contributed by atoms with E-state index < -0.39 is 28.3 Å². The molecule has 218 valence electrons. The van der Waals surface area contributed by atoms with E-state index in [9.17, 15) is 26.7 Å². The number of nitrogens with zero attached hydrogens (tertiary/aromatic N) is 2. The summed E-state index contributed by atoms with van der Waals surface area (Å²) < 4.78 is 71.8. The van der Waals surface area contributed by atoms with E-state index in [-0.39, 0.29) is 22.6 Å². The highest BCUT2D eigenvalue weighted by Gasteiger charge is 2.34. The number of aliphatic hydroxyl groups is 1. The number of rotatable bonds is 7. The molecule has 1 saturated heterocycles. The molecule has 0 atom stereocenters. The van der Waals surface area contributed by atoms with Crippen molar-refractivity contribution in [2.24, 2.45) is 0 Å². The second-order valence-electron chi connectivity index (χ2n) is 10.2. The number of sulfonamides is 1. The second kappa shape index (κ2) is 11.7. The van der Waals surface area contributed by atoms with Gasteiger partial charge < -0.3 is 14.7 Å². The van der Waals surface area contributed by atoms with E-state index in [1.54, 1.807) is 35.2 Å². The van der Waals surface area contributed by atoms with E-state index in [1.807, 2.05) is 24.3 Å². The van der Waals surface area contributed by atoms with Gasteiger partial charge in [0.15, 0.2) is 0 Å². The maximum absolute atomic E-state index is 12.9. The molecular weight excluding hydrogens is 579 g/mol. The third kappa shape index (κ3) is 6.92. The van der Waals surface area contributed by atoms with Crippen LogP contribution >= 0.6 is 11.6 Å². The van der Waals surface area contributed by atoms with E-state index in [2.05, 4.69) is 9.88 Å². The Bertz CT molecular complexity index is 1540. The first-order valence-electron chi connectivity index (χ1n) is 13.1. The van der Waals surface area contributed by atoms with E-state index in [0.29, 0.717) is 55.4 Å². The summed E-state index contributed by atoms with van der Waals surface area (Å²) in [5, 5.41) is 11.8. The quantitative estimate of drug-likeness (QED) is 0.359. The molecule has 0 radical (unpaired) electrons. The van der Waals surface area contributed by atoms with Gasteiger partial charge in [-0.15, -0.1) is 0 Å². The van der Waals surface area contributed by atoms with Crippen LogP contribution < -0.4 is 9.46 Å². The van der Waals surface area contributed by atoms with Crippen LogP contribution in [0.3, 0.4) is 0 Å². The Hall–Kier alpha value is -2.96. The van der Waals surface area contributed by atoms with E-state index in [1.165, 1.54) is 12.1 Å². The largest absolute Gasteiger partial charge is 0.438 e. The van der Waals surface area contributed by atoms with Gasteiger partial charge in [-0.2, -0.15) is 13.2 Å². The standard InChI is InChI=1S/C29H29ClF3N3O4S/c30-22-10-8-21(9-11-22)28(37)12-16-36(17-13-28)15-3-4-20-18-24-25(40-27-23(20)5-2-14-34-27)6-1-7-26(24)41(38,39)35-19-29(31,32)33/h1-2,4-11,14,35,37H,3,12-13,15-19H2/b20-4-. The normalized spacial score (nSPS) is 18.3. The molecule has 0 spiro atoms. The van der Waals surface area contributed by atoms with Crippen molar-refractivity contribution >= 4 is 27.2 Å². The van der Waals surface area contributed by atoms with Crippen LogP contribution in [0.2, 0.25) is 5.02 Å². The zero-order valence-electron chi connectivity index (χ0n) is 22.0. The lowest BCUT2D eigenvalue weighted by atomic mass is 9.84. The predicted molar refractivity (Wildman–Crippen MR) is 149 cm³/mol. The van der Waals surface area contributed by atoms with Crippen LogP contribution in [0.5, 0.6) is 11.6 Å². The maximum atomic E-state index is 12.9. The molecule has 0 bridgehead atoms. The number of benzene rings is 2. The third-order valence-electron chi connectivity index (χ3n) is 7.43. The molecule has 2 N–H and O–H groups in total. The zero-order valence-corrected chi connectivity index (χ0v) is 23.6. The molecule has 2 aliphatic heterocycles. The molecule has 0 aliphatic carbocycles. The number of hydrogen-bond donors (Lipinski definition) is 2. The van der Waals surface area contributed by atoms with Gasteiger partial charge in [0.1, 0.15) is 12.3 Å². The van der Waals surface area contributed by atoms with E-state index in [4.69, 9.17) is 16.3 Å². The first-order valence-corrected chi connectivity index (χ1v) is 15.0. The first kappa shape index (κ1) is 29.5. The van der Waals surface area contributed by atoms with Gasteiger partial charge in [0, 0.05) is 48.4 Å². The van der Waals surface area contributed by atoms with Gasteiger partial charge >= 0.3 is 6.18 Å². The van der Waals surface area contributed by atoms with Crippen molar-refractivity contribution < 1.29 is 31.4 Å². The fourth-order valence-electron chi connectivity index (χ4n) is 5.23. The molecule has 2 aromatic carbocycles. The van der Waals surface area contributed by atoms with Crippen molar-refractivity contribution in [3.05, 3.63) is 88.6 Å². The highest BCUT2D eigenvalue weighted by molar-refractivity contribution is 7.89. The number of fused-ring (bicyclic) bond motifs is 2. The molecular formula is C29H29ClF3N3O4S. The number of nitrogens with one attached hydrogen (secondary N) is 1. The lowest BCUT2D eigenvalue weighted by Crippen LogP contribution is -2.42. The number of ether oxygens (including phenoxy) is 1. The maximum Gasteiger partial charge on any atom is 0.402 e. The minimum absolute atomic E-state index is 0.132. The molecule has 1 fully saturated rings. The van der Waals surface area contributed by atoms with Gasteiger partial charge in [-0.1, -0.05) is 35.9 Å². The first-order chi connectivity index (χ1) is 19.4. The zero-order chi connectivity index (χ0) is 29.3. The molecule has 3 heterocycles. The second-order valence-corrected chi connectivity index (χ2v) is 12.4. The molecule has 0 unspecified atom stereocenters. The minimum Gasteiger partial charge on any atom is -0.438 e. The summed E-state index contributed by atoms with van der Waals surface area (Å²) in [4.78, 5) is 6.30. The summed E-state index contributed by atoms with van der Waals surface area (Å²) in [5.41, 5.74) is 1.65. The van der Waals surface area contributed by atoms with Gasteiger partial charge in [0.2, 0.25) is 15.9 Å². The minimum atomic E-state index is -4.69. The van der Waals surface area contributed by atoms with Gasteiger partial charge in [-0.25, -0.2) is 18.1 Å². The number of piperidine rings is 1. The summed E-state index contributed by atoms with van der Waals surface area (Å²) >= 11 is 5.99. The molecule has 0 amide bonds. The molecule has 2 aliphatic rings. The van der Waals surface area contributed by atoms with Crippen LogP contribution in [0.1, 0.15) is 36.0 Å². The number of alkyl halides is 3. The van der Waals surface area contributed by atoms with Gasteiger partial charge in [-0.3, -0.25) is 0 Å². The number of likely N-dealkylation sites (tertiary alicyclic amines) is 1. The average molecular weight is 608 g/mol. The lowest BCUT2D eigenvalue weighted by Gasteiger charge is -2.38. The number of pyridine rings is 1. The summed E-state index contributed by atoms with van der Waals surface area (Å²) in [7, 11) is -4.47. The topological polar surface area (TPSA) is 91.8 Å². The van der Waals surface area contributed by atoms with Crippen molar-refractivity contribution in [1.82, 2.24) is 14.6 Å². The third-order valence-corrected chi connectivity index (χ3v) is 9.17.